The maximum atomic E-state index is 12.7. The first-order valence-corrected chi connectivity index (χ1v) is 10.9. The van der Waals surface area contributed by atoms with Gasteiger partial charge in [0, 0.05) is 58.4 Å². The van der Waals surface area contributed by atoms with E-state index in [1.54, 1.807) is 12.1 Å². The van der Waals surface area contributed by atoms with Crippen molar-refractivity contribution < 1.29 is 22.7 Å². The van der Waals surface area contributed by atoms with E-state index < -0.39 is 22.0 Å². The minimum Gasteiger partial charge on any atom is -0.379 e. The minimum atomic E-state index is -3.55. The summed E-state index contributed by atoms with van der Waals surface area (Å²) in [6.07, 6.45) is 1.61. The molecule has 3 amide bonds. The van der Waals surface area contributed by atoms with Crippen molar-refractivity contribution >= 4 is 27.8 Å². The van der Waals surface area contributed by atoms with Crippen LogP contribution in [0.3, 0.4) is 0 Å². The summed E-state index contributed by atoms with van der Waals surface area (Å²) in [7, 11) is -3.55. The number of carbonyl (C=O) groups excluding carboxylic acids is 2. The summed E-state index contributed by atoms with van der Waals surface area (Å²) < 4.78 is 31.9. The van der Waals surface area contributed by atoms with Gasteiger partial charge in [0.15, 0.2) is 0 Å². The van der Waals surface area contributed by atoms with Crippen molar-refractivity contribution in [2.24, 2.45) is 5.73 Å². The molecular weight excluding hydrogens is 400 g/mol. The highest BCUT2D eigenvalue weighted by atomic mass is 32.2. The zero-order valence-electron chi connectivity index (χ0n) is 16.1. The van der Waals surface area contributed by atoms with Crippen molar-refractivity contribution in [2.45, 2.75) is 11.3 Å². The van der Waals surface area contributed by atoms with Crippen LogP contribution >= 0.6 is 0 Å². The van der Waals surface area contributed by atoms with Crippen molar-refractivity contribution in [1.29, 1.82) is 0 Å². The Morgan fingerprint density at radius 1 is 1.10 bits per heavy atom. The third-order valence-corrected chi connectivity index (χ3v) is 6.82. The van der Waals surface area contributed by atoms with Crippen LogP contribution in [0.1, 0.15) is 6.42 Å². The number of imide groups is 1. The molecule has 0 aliphatic carbocycles. The molecule has 11 nitrogen and oxygen atoms in total. The van der Waals surface area contributed by atoms with E-state index in [2.05, 4.69) is 20.1 Å². The van der Waals surface area contributed by atoms with Crippen LogP contribution in [0.2, 0.25) is 0 Å². The molecule has 1 aromatic rings. The fourth-order valence-corrected chi connectivity index (χ4v) is 4.66. The van der Waals surface area contributed by atoms with Gasteiger partial charge in [0.25, 0.3) is 0 Å². The smallest absolute Gasteiger partial charge is 0.318 e. The highest BCUT2D eigenvalue weighted by Gasteiger charge is 2.27. The van der Waals surface area contributed by atoms with E-state index in [-0.39, 0.29) is 11.3 Å². The predicted molar refractivity (Wildman–Crippen MR) is 105 cm³/mol. The van der Waals surface area contributed by atoms with Gasteiger partial charge >= 0.3 is 6.03 Å². The minimum absolute atomic E-state index is 0.183. The molecule has 2 fully saturated rings. The number of sulfonamides is 1. The Balaban J connectivity index is 1.51. The van der Waals surface area contributed by atoms with Crippen LogP contribution in [0, 0.1) is 0 Å². The first-order chi connectivity index (χ1) is 13.9. The molecule has 0 aromatic carbocycles. The molecule has 12 heteroatoms. The van der Waals surface area contributed by atoms with Gasteiger partial charge in [0.05, 0.1) is 13.2 Å². The number of hydrogen-bond donors (Lipinski definition) is 2. The van der Waals surface area contributed by atoms with Crippen LogP contribution < -0.4 is 16.0 Å². The topological polar surface area (TPSA) is 138 Å². The highest BCUT2D eigenvalue weighted by Crippen LogP contribution is 2.20. The molecule has 2 aliphatic heterocycles. The average Bonchev–Trinajstić information content (AvgIpc) is 2.73. The van der Waals surface area contributed by atoms with E-state index in [4.69, 9.17) is 10.5 Å². The zero-order valence-corrected chi connectivity index (χ0v) is 16.9. The lowest BCUT2D eigenvalue weighted by Crippen LogP contribution is -2.47. The van der Waals surface area contributed by atoms with Gasteiger partial charge in [-0.3, -0.25) is 15.0 Å². The summed E-state index contributed by atoms with van der Waals surface area (Å²) in [5.74, 6) is 0.329. The number of primary amides is 1. The van der Waals surface area contributed by atoms with Crippen LogP contribution in [0.15, 0.2) is 23.2 Å². The Kier molecular flexibility index (Phi) is 7.00. The van der Waals surface area contributed by atoms with Crippen molar-refractivity contribution in [3.63, 3.8) is 0 Å². The maximum Gasteiger partial charge on any atom is 0.318 e. The monoisotopic (exact) mass is 426 g/mol. The molecule has 0 radical (unpaired) electrons. The average molecular weight is 426 g/mol. The summed E-state index contributed by atoms with van der Waals surface area (Å²) in [4.78, 5) is 30.9. The van der Waals surface area contributed by atoms with Crippen molar-refractivity contribution in [1.82, 2.24) is 19.5 Å². The van der Waals surface area contributed by atoms with E-state index in [0.717, 1.165) is 18.9 Å². The number of urea groups is 1. The van der Waals surface area contributed by atoms with Crippen LogP contribution in [0.4, 0.5) is 10.6 Å². The number of carbonyl (C=O) groups is 2. The standard InChI is InChI=1S/C17H26N6O5S/c18-17(25)20-16(24)3-4-21-5-7-22(8-6-21)15-2-1-14(13-19-15)29(26,27)23-9-11-28-12-10-23/h1-2,13H,3-12H2,(H3,18,20,24,25). The summed E-state index contributed by atoms with van der Waals surface area (Å²) in [6.45, 7) is 4.93. The van der Waals surface area contributed by atoms with Gasteiger partial charge in [-0.2, -0.15) is 4.31 Å². The molecule has 1 aromatic heterocycles. The second-order valence-electron chi connectivity index (χ2n) is 6.86. The van der Waals surface area contributed by atoms with Crippen molar-refractivity contribution in [2.75, 3.05) is 63.9 Å². The fourth-order valence-electron chi connectivity index (χ4n) is 3.31. The molecule has 2 aliphatic rings. The third-order valence-electron chi connectivity index (χ3n) is 4.94. The molecular formula is C17H26N6O5S. The molecule has 0 atom stereocenters. The summed E-state index contributed by atoms with van der Waals surface area (Å²) in [5.41, 5.74) is 4.92. The molecule has 3 heterocycles. The van der Waals surface area contributed by atoms with E-state index in [1.165, 1.54) is 10.5 Å². The summed E-state index contributed by atoms with van der Waals surface area (Å²) in [6, 6.07) is 2.47. The predicted octanol–water partition coefficient (Wildman–Crippen LogP) is -1.19. The number of anilines is 1. The number of piperazine rings is 1. The van der Waals surface area contributed by atoms with Crippen molar-refractivity contribution in [3.05, 3.63) is 18.3 Å². The molecule has 0 saturated carbocycles. The molecule has 3 N–H and O–H groups in total. The maximum absolute atomic E-state index is 12.7. The third kappa shape index (κ3) is 5.63. The molecule has 29 heavy (non-hydrogen) atoms. The van der Waals surface area contributed by atoms with Gasteiger partial charge < -0.3 is 15.4 Å². The number of nitrogens with one attached hydrogen (secondary N) is 1. The normalized spacial score (nSPS) is 19.1. The van der Waals surface area contributed by atoms with E-state index in [0.29, 0.717) is 45.9 Å². The Labute approximate surface area is 169 Å². The zero-order chi connectivity index (χ0) is 20.9. The fraction of sp³-hybridized carbons (Fsp3) is 0.588. The Morgan fingerprint density at radius 2 is 1.79 bits per heavy atom. The van der Waals surface area contributed by atoms with Crippen LogP contribution in [-0.4, -0.2) is 93.6 Å². The van der Waals surface area contributed by atoms with Gasteiger partial charge in [-0.1, -0.05) is 0 Å². The molecule has 0 unspecified atom stereocenters. The number of nitrogens with zero attached hydrogens (tertiary/aromatic N) is 4. The molecule has 160 valence electrons. The first kappa shape index (κ1) is 21.4. The number of hydrogen-bond acceptors (Lipinski definition) is 8. The molecule has 0 bridgehead atoms. The number of pyridine rings is 1. The van der Waals surface area contributed by atoms with Gasteiger partial charge in [0.1, 0.15) is 10.7 Å². The van der Waals surface area contributed by atoms with E-state index >= 15 is 0 Å². The van der Waals surface area contributed by atoms with Crippen LogP contribution in [-0.2, 0) is 19.6 Å². The first-order valence-electron chi connectivity index (χ1n) is 9.47. The van der Waals surface area contributed by atoms with Gasteiger partial charge in [-0.05, 0) is 12.1 Å². The lowest BCUT2D eigenvalue weighted by molar-refractivity contribution is -0.120. The van der Waals surface area contributed by atoms with Crippen molar-refractivity contribution in [3.8, 4) is 0 Å². The number of amides is 3. The lowest BCUT2D eigenvalue weighted by atomic mass is 10.2. The molecule has 0 spiro atoms. The van der Waals surface area contributed by atoms with Crippen LogP contribution in [0.25, 0.3) is 0 Å². The Hall–Kier alpha value is -2.28. The molecule has 2 saturated heterocycles. The number of aromatic nitrogens is 1. The SMILES string of the molecule is NC(=O)NC(=O)CCN1CCN(c2ccc(S(=O)(=O)N3CCOCC3)cn2)CC1. The number of ether oxygens (including phenoxy) is 1. The van der Waals surface area contributed by atoms with E-state index in [9.17, 15) is 18.0 Å². The summed E-state index contributed by atoms with van der Waals surface area (Å²) in [5, 5.41) is 2.05. The highest BCUT2D eigenvalue weighted by molar-refractivity contribution is 7.89. The quantitative estimate of drug-likeness (QED) is 0.579. The van der Waals surface area contributed by atoms with Gasteiger partial charge in [-0.25, -0.2) is 18.2 Å². The number of rotatable bonds is 6. The summed E-state index contributed by atoms with van der Waals surface area (Å²) >= 11 is 0. The van der Waals surface area contributed by atoms with Gasteiger partial charge in [0.2, 0.25) is 15.9 Å². The largest absolute Gasteiger partial charge is 0.379 e. The van der Waals surface area contributed by atoms with Gasteiger partial charge in [-0.15, -0.1) is 0 Å². The second kappa shape index (κ2) is 9.48. The van der Waals surface area contributed by atoms with Crippen LogP contribution in [0.5, 0.6) is 0 Å². The number of nitrogens with two attached hydrogens (primary N) is 1. The Morgan fingerprint density at radius 3 is 2.38 bits per heavy atom. The van der Waals surface area contributed by atoms with E-state index in [1.807, 2.05) is 0 Å². The second-order valence-corrected chi connectivity index (χ2v) is 8.80. The number of morpholine rings is 1. The Bertz CT molecular complexity index is 817. The molecule has 3 rings (SSSR count). The lowest BCUT2D eigenvalue weighted by Gasteiger charge is -2.35.